The minimum absolute atomic E-state index is 0.345. The number of urea groups is 1. The lowest BCUT2D eigenvalue weighted by Gasteiger charge is -2.28. The molecule has 28 heavy (non-hydrogen) atoms. The number of benzene rings is 2. The fourth-order valence-corrected chi connectivity index (χ4v) is 3.56. The Morgan fingerprint density at radius 2 is 1.96 bits per heavy atom. The minimum atomic E-state index is -0.696. The average Bonchev–Trinajstić information content (AvgIpc) is 3.02. The first-order valence-electron chi connectivity index (χ1n) is 8.41. The standard InChI is InChI=1S/C19H15BrFN5O2/c1-9-15(16(24-19(28)22-9)10-2-4-11(21)5-3-10)18(27)23-12-6-7-14-13(8-12)17(20)26-25-14/h2-8,16H,1H3,(H,23,27)(H,25,26)(H2,22,24,28). The molecular formula is C19H15BrFN5O2. The molecule has 0 aliphatic carbocycles. The summed E-state index contributed by atoms with van der Waals surface area (Å²) in [6, 6.07) is 9.86. The van der Waals surface area contributed by atoms with Crippen LogP contribution in [0.3, 0.4) is 0 Å². The van der Waals surface area contributed by atoms with Crippen molar-refractivity contribution in [1.29, 1.82) is 0 Å². The third-order valence-corrected chi connectivity index (χ3v) is 5.09. The summed E-state index contributed by atoms with van der Waals surface area (Å²) in [5, 5.41) is 16.0. The van der Waals surface area contributed by atoms with Gasteiger partial charge in [0.25, 0.3) is 5.91 Å². The van der Waals surface area contributed by atoms with Gasteiger partial charge in [0.2, 0.25) is 0 Å². The van der Waals surface area contributed by atoms with Gasteiger partial charge in [0.15, 0.2) is 0 Å². The summed E-state index contributed by atoms with van der Waals surface area (Å²) in [6.45, 7) is 1.65. The Hall–Kier alpha value is -3.20. The molecule has 1 atom stereocenters. The summed E-state index contributed by atoms with van der Waals surface area (Å²) in [6.07, 6.45) is 0. The largest absolute Gasteiger partial charge is 0.327 e. The maximum absolute atomic E-state index is 13.3. The molecule has 4 rings (SSSR count). The van der Waals surface area contributed by atoms with Gasteiger partial charge in [-0.15, -0.1) is 0 Å². The number of aromatic amines is 1. The van der Waals surface area contributed by atoms with Crippen LogP contribution in [0.4, 0.5) is 14.9 Å². The first kappa shape index (κ1) is 18.2. The van der Waals surface area contributed by atoms with Crippen molar-refractivity contribution in [2.45, 2.75) is 13.0 Å². The number of H-pyrrole nitrogens is 1. The molecular weight excluding hydrogens is 429 g/mol. The topological polar surface area (TPSA) is 98.9 Å². The molecule has 0 bridgehead atoms. The number of anilines is 1. The van der Waals surface area contributed by atoms with E-state index in [1.807, 2.05) is 0 Å². The van der Waals surface area contributed by atoms with Gasteiger partial charge in [-0.1, -0.05) is 12.1 Å². The van der Waals surface area contributed by atoms with Crippen molar-refractivity contribution < 1.29 is 14.0 Å². The highest BCUT2D eigenvalue weighted by atomic mass is 79.9. The highest BCUT2D eigenvalue weighted by Gasteiger charge is 2.31. The molecule has 4 N–H and O–H groups in total. The smallest absolute Gasteiger partial charge is 0.319 e. The maximum Gasteiger partial charge on any atom is 0.319 e. The molecule has 1 aliphatic heterocycles. The summed E-state index contributed by atoms with van der Waals surface area (Å²) in [4.78, 5) is 25.0. The summed E-state index contributed by atoms with van der Waals surface area (Å²) >= 11 is 3.38. The predicted molar refractivity (Wildman–Crippen MR) is 106 cm³/mol. The molecule has 142 valence electrons. The molecule has 2 aromatic carbocycles. The van der Waals surface area contributed by atoms with Crippen molar-refractivity contribution in [3.8, 4) is 0 Å². The number of hydrogen-bond donors (Lipinski definition) is 4. The number of amides is 3. The Bertz CT molecular complexity index is 1120. The molecule has 7 nitrogen and oxygen atoms in total. The second-order valence-electron chi connectivity index (χ2n) is 6.35. The lowest BCUT2D eigenvalue weighted by molar-refractivity contribution is -0.113. The monoisotopic (exact) mass is 443 g/mol. The van der Waals surface area contributed by atoms with Gasteiger partial charge in [0.1, 0.15) is 10.4 Å². The van der Waals surface area contributed by atoms with E-state index in [9.17, 15) is 14.0 Å². The zero-order chi connectivity index (χ0) is 19.8. The Kier molecular flexibility index (Phi) is 4.60. The molecule has 9 heteroatoms. The van der Waals surface area contributed by atoms with Crippen molar-refractivity contribution in [1.82, 2.24) is 20.8 Å². The number of nitrogens with one attached hydrogen (secondary N) is 4. The molecule has 0 saturated carbocycles. The van der Waals surface area contributed by atoms with Crippen molar-refractivity contribution in [3.63, 3.8) is 0 Å². The summed E-state index contributed by atoms with van der Waals surface area (Å²) in [5.74, 6) is -0.770. The summed E-state index contributed by atoms with van der Waals surface area (Å²) in [7, 11) is 0. The normalized spacial score (nSPS) is 16.7. The highest BCUT2D eigenvalue weighted by molar-refractivity contribution is 9.10. The number of aromatic nitrogens is 2. The summed E-state index contributed by atoms with van der Waals surface area (Å²) in [5.41, 5.74) is 2.72. The van der Waals surface area contributed by atoms with Crippen molar-refractivity contribution in [2.24, 2.45) is 0 Å². The third kappa shape index (κ3) is 3.36. The molecule has 0 spiro atoms. The number of nitrogens with zero attached hydrogens (tertiary/aromatic N) is 1. The van der Waals surface area contributed by atoms with Gasteiger partial charge in [-0.2, -0.15) is 5.10 Å². The zero-order valence-electron chi connectivity index (χ0n) is 14.6. The molecule has 2 heterocycles. The number of allylic oxidation sites excluding steroid dienone is 1. The number of carbonyl (C=O) groups is 2. The van der Waals surface area contributed by atoms with E-state index >= 15 is 0 Å². The quantitative estimate of drug-likeness (QED) is 0.496. The lowest BCUT2D eigenvalue weighted by Crippen LogP contribution is -2.45. The molecule has 1 aliphatic rings. The fourth-order valence-electron chi connectivity index (χ4n) is 3.16. The van der Waals surface area contributed by atoms with Crippen LogP contribution in [0.15, 0.2) is 58.3 Å². The SMILES string of the molecule is CC1=C(C(=O)Nc2ccc3n[nH]c(Br)c3c2)C(c2ccc(F)cc2)NC(=O)N1. The van der Waals surface area contributed by atoms with Crippen LogP contribution in [0.5, 0.6) is 0 Å². The fraction of sp³-hybridized carbons (Fsp3) is 0.105. The number of rotatable bonds is 3. The van der Waals surface area contributed by atoms with Crippen LogP contribution >= 0.6 is 15.9 Å². The van der Waals surface area contributed by atoms with E-state index in [0.29, 0.717) is 27.1 Å². The van der Waals surface area contributed by atoms with E-state index in [1.165, 1.54) is 12.1 Å². The number of hydrogen-bond acceptors (Lipinski definition) is 3. The summed E-state index contributed by atoms with van der Waals surface area (Å²) < 4.78 is 14.0. The number of carbonyl (C=O) groups excluding carboxylic acids is 2. The van der Waals surface area contributed by atoms with Gasteiger partial charge in [0.05, 0.1) is 17.1 Å². The number of fused-ring (bicyclic) bond motifs is 1. The van der Waals surface area contributed by atoms with Crippen LogP contribution in [0.2, 0.25) is 0 Å². The van der Waals surface area contributed by atoms with E-state index in [1.54, 1.807) is 37.3 Å². The average molecular weight is 444 g/mol. The van der Waals surface area contributed by atoms with Gasteiger partial charge < -0.3 is 16.0 Å². The van der Waals surface area contributed by atoms with Crippen LogP contribution in [0.1, 0.15) is 18.5 Å². The second-order valence-corrected chi connectivity index (χ2v) is 7.14. The molecule has 0 radical (unpaired) electrons. The third-order valence-electron chi connectivity index (χ3n) is 4.48. The van der Waals surface area contributed by atoms with Gasteiger partial charge in [-0.05, 0) is 58.7 Å². The Balaban J connectivity index is 1.67. The van der Waals surface area contributed by atoms with Crippen LogP contribution in [0, 0.1) is 5.82 Å². The van der Waals surface area contributed by atoms with Crippen LogP contribution in [-0.2, 0) is 4.79 Å². The highest BCUT2D eigenvalue weighted by Crippen LogP contribution is 2.29. The van der Waals surface area contributed by atoms with Crippen LogP contribution < -0.4 is 16.0 Å². The van der Waals surface area contributed by atoms with Crippen LogP contribution in [0.25, 0.3) is 10.9 Å². The lowest BCUT2D eigenvalue weighted by atomic mass is 9.95. The van der Waals surface area contributed by atoms with E-state index in [2.05, 4.69) is 42.1 Å². The number of halogens is 2. The Morgan fingerprint density at radius 1 is 1.21 bits per heavy atom. The predicted octanol–water partition coefficient (Wildman–Crippen LogP) is 3.73. The molecule has 1 aromatic heterocycles. The molecule has 3 amide bonds. The maximum atomic E-state index is 13.3. The first-order valence-corrected chi connectivity index (χ1v) is 9.20. The van der Waals surface area contributed by atoms with Crippen molar-refractivity contribution in [2.75, 3.05) is 5.32 Å². The zero-order valence-corrected chi connectivity index (χ0v) is 16.2. The van der Waals surface area contributed by atoms with E-state index in [-0.39, 0.29) is 5.91 Å². The Morgan fingerprint density at radius 3 is 2.71 bits per heavy atom. The van der Waals surface area contributed by atoms with Crippen molar-refractivity contribution in [3.05, 3.63) is 69.7 Å². The Labute approximate surface area is 167 Å². The first-order chi connectivity index (χ1) is 13.4. The van der Waals surface area contributed by atoms with Gasteiger partial charge >= 0.3 is 6.03 Å². The van der Waals surface area contributed by atoms with Crippen LogP contribution in [-0.4, -0.2) is 22.1 Å². The molecule has 0 saturated heterocycles. The molecule has 1 unspecified atom stereocenters. The van der Waals surface area contributed by atoms with Crippen molar-refractivity contribution >= 4 is 44.5 Å². The molecule has 3 aromatic rings. The van der Waals surface area contributed by atoms with E-state index < -0.39 is 17.9 Å². The molecule has 0 fully saturated rings. The van der Waals surface area contributed by atoms with Gasteiger partial charge in [-0.25, -0.2) is 9.18 Å². The van der Waals surface area contributed by atoms with Gasteiger partial charge in [-0.3, -0.25) is 9.89 Å². The van der Waals surface area contributed by atoms with Gasteiger partial charge in [0, 0.05) is 16.8 Å². The van der Waals surface area contributed by atoms with E-state index in [0.717, 1.165) is 10.9 Å². The second kappa shape index (κ2) is 7.08. The minimum Gasteiger partial charge on any atom is -0.327 e. The van der Waals surface area contributed by atoms with E-state index in [4.69, 9.17) is 0 Å².